The van der Waals surface area contributed by atoms with E-state index in [1.807, 2.05) is 30.3 Å². The molecule has 1 aliphatic carbocycles. The molecule has 3 N–H and O–H groups in total. The van der Waals surface area contributed by atoms with Crippen molar-refractivity contribution in [3.63, 3.8) is 0 Å². The lowest BCUT2D eigenvalue weighted by molar-refractivity contribution is -0.123. The zero-order valence-corrected chi connectivity index (χ0v) is 15.8. The molecule has 146 valence electrons. The van der Waals surface area contributed by atoms with Gasteiger partial charge in [-0.15, -0.1) is 0 Å². The Bertz CT molecular complexity index is 915. The Hall–Kier alpha value is -2.93. The number of aliphatic hydroxyl groups excluding tert-OH is 1. The fourth-order valence-corrected chi connectivity index (χ4v) is 3.67. The predicted octanol–water partition coefficient (Wildman–Crippen LogP) is 2.53. The van der Waals surface area contributed by atoms with Gasteiger partial charge in [0.2, 0.25) is 11.8 Å². The Balaban J connectivity index is 1.41. The first kappa shape index (κ1) is 18.4. The third-order valence-corrected chi connectivity index (χ3v) is 5.29. The summed E-state index contributed by atoms with van der Waals surface area (Å²) < 4.78 is 5.11. The van der Waals surface area contributed by atoms with Crippen molar-refractivity contribution in [1.82, 2.24) is 20.3 Å². The first-order valence-corrected chi connectivity index (χ1v) is 9.53. The van der Waals surface area contributed by atoms with Gasteiger partial charge >= 0.3 is 0 Å². The molecule has 0 aliphatic heterocycles. The van der Waals surface area contributed by atoms with Crippen LogP contribution in [0.5, 0.6) is 5.88 Å². The number of aromatic amines is 1. The van der Waals surface area contributed by atoms with E-state index in [4.69, 9.17) is 4.74 Å². The molecule has 28 heavy (non-hydrogen) atoms. The van der Waals surface area contributed by atoms with Gasteiger partial charge in [0.05, 0.1) is 30.3 Å². The first-order chi connectivity index (χ1) is 13.6. The number of aryl methyl sites for hydroxylation is 1. The van der Waals surface area contributed by atoms with E-state index in [0.717, 1.165) is 22.4 Å². The van der Waals surface area contributed by atoms with E-state index in [2.05, 4.69) is 20.3 Å². The Morgan fingerprint density at radius 3 is 2.82 bits per heavy atom. The average molecular weight is 380 g/mol. The number of rotatable bonds is 7. The van der Waals surface area contributed by atoms with Crippen molar-refractivity contribution in [3.05, 3.63) is 54.0 Å². The number of benzene rings is 1. The molecule has 0 spiro atoms. The number of amides is 1. The van der Waals surface area contributed by atoms with Crippen LogP contribution in [-0.4, -0.2) is 39.2 Å². The second kappa shape index (κ2) is 7.98. The largest absolute Gasteiger partial charge is 0.481 e. The number of carbonyl (C=O) groups excluding carboxylic acids is 1. The summed E-state index contributed by atoms with van der Waals surface area (Å²) in [5.74, 6) is 1.51. The highest BCUT2D eigenvalue weighted by atomic mass is 16.5. The van der Waals surface area contributed by atoms with E-state index in [-0.39, 0.29) is 24.0 Å². The molecule has 1 amide bonds. The maximum absolute atomic E-state index is 12.6. The Morgan fingerprint density at radius 1 is 1.32 bits per heavy atom. The number of ether oxygens (including phenoxy) is 1. The molecule has 1 atom stereocenters. The maximum atomic E-state index is 12.6. The molecular formula is C21H24N4O3. The molecular weight excluding hydrogens is 356 g/mol. The van der Waals surface area contributed by atoms with Crippen molar-refractivity contribution in [3.8, 4) is 5.88 Å². The molecule has 1 aliphatic rings. The Labute approximate surface area is 163 Å². The molecule has 2 heterocycles. The lowest BCUT2D eigenvalue weighted by Crippen LogP contribution is -2.41. The molecule has 4 rings (SSSR count). The lowest BCUT2D eigenvalue weighted by atomic mass is 9.75. The third-order valence-electron chi connectivity index (χ3n) is 5.29. The van der Waals surface area contributed by atoms with Gasteiger partial charge in [-0.1, -0.05) is 18.2 Å². The van der Waals surface area contributed by atoms with Gasteiger partial charge in [-0.3, -0.25) is 4.79 Å². The SMILES string of the molecule is COc1ccc([C@H](NC(=O)CCc2nc3ccccc3[nH]2)C2CC(O)C2)cn1. The highest BCUT2D eigenvalue weighted by Gasteiger charge is 2.35. The van der Waals surface area contributed by atoms with Crippen molar-refractivity contribution in [1.29, 1.82) is 0 Å². The third kappa shape index (κ3) is 3.99. The van der Waals surface area contributed by atoms with E-state index in [9.17, 15) is 9.90 Å². The van der Waals surface area contributed by atoms with Crippen LogP contribution in [0, 0.1) is 5.92 Å². The second-order valence-electron chi connectivity index (χ2n) is 7.27. The highest BCUT2D eigenvalue weighted by molar-refractivity contribution is 5.77. The molecule has 0 bridgehead atoms. The molecule has 7 heteroatoms. The number of hydrogen-bond acceptors (Lipinski definition) is 5. The molecule has 2 aromatic heterocycles. The van der Waals surface area contributed by atoms with E-state index < -0.39 is 0 Å². The lowest BCUT2D eigenvalue weighted by Gasteiger charge is -2.38. The standard InChI is InChI=1S/C21H24N4O3/c1-28-20-9-6-13(12-22-20)21(14-10-15(26)11-14)25-19(27)8-7-18-23-16-4-2-3-5-17(16)24-18/h2-6,9,12,14-15,21,26H,7-8,10-11H2,1H3,(H,23,24)(H,25,27)/t14?,15?,21-/m0/s1. The maximum Gasteiger partial charge on any atom is 0.220 e. The zero-order chi connectivity index (χ0) is 19.5. The summed E-state index contributed by atoms with van der Waals surface area (Å²) in [7, 11) is 1.57. The normalized spacial score (nSPS) is 19.8. The van der Waals surface area contributed by atoms with E-state index in [1.54, 1.807) is 19.4 Å². The number of pyridine rings is 1. The summed E-state index contributed by atoms with van der Waals surface area (Å²) >= 11 is 0. The summed E-state index contributed by atoms with van der Waals surface area (Å²) in [6.07, 6.45) is 3.69. The number of hydrogen-bond donors (Lipinski definition) is 3. The van der Waals surface area contributed by atoms with E-state index >= 15 is 0 Å². The molecule has 0 radical (unpaired) electrons. The summed E-state index contributed by atoms with van der Waals surface area (Å²) in [5.41, 5.74) is 2.81. The van der Waals surface area contributed by atoms with Crippen LogP contribution >= 0.6 is 0 Å². The number of nitrogens with zero attached hydrogens (tertiary/aromatic N) is 2. The predicted molar refractivity (Wildman–Crippen MR) is 105 cm³/mol. The Morgan fingerprint density at radius 2 is 2.14 bits per heavy atom. The fraction of sp³-hybridized carbons (Fsp3) is 0.381. The van der Waals surface area contributed by atoms with Gasteiger partial charge in [-0.25, -0.2) is 9.97 Å². The molecule has 1 fully saturated rings. The molecule has 1 saturated carbocycles. The minimum absolute atomic E-state index is 0.0392. The summed E-state index contributed by atoms with van der Waals surface area (Å²) in [5, 5.41) is 12.8. The van der Waals surface area contributed by atoms with Gasteiger partial charge in [0.1, 0.15) is 5.82 Å². The molecule has 7 nitrogen and oxygen atoms in total. The molecule has 3 aromatic rings. The molecule has 1 aromatic carbocycles. The summed E-state index contributed by atoms with van der Waals surface area (Å²) in [4.78, 5) is 24.6. The van der Waals surface area contributed by atoms with Crippen LogP contribution in [0.25, 0.3) is 11.0 Å². The van der Waals surface area contributed by atoms with Crippen molar-refractivity contribution >= 4 is 16.9 Å². The number of carbonyl (C=O) groups is 1. The van der Waals surface area contributed by atoms with Gasteiger partial charge in [-0.05, 0) is 36.5 Å². The monoisotopic (exact) mass is 380 g/mol. The number of aliphatic hydroxyl groups is 1. The number of aromatic nitrogens is 3. The van der Waals surface area contributed by atoms with Crippen LogP contribution in [0.2, 0.25) is 0 Å². The van der Waals surface area contributed by atoms with Crippen molar-refractivity contribution in [2.75, 3.05) is 7.11 Å². The summed E-state index contributed by atoms with van der Waals surface area (Å²) in [6, 6.07) is 11.4. The Kier molecular flexibility index (Phi) is 5.25. The number of fused-ring (bicyclic) bond motifs is 1. The number of imidazole rings is 1. The number of H-pyrrole nitrogens is 1. The fourth-order valence-electron chi connectivity index (χ4n) is 3.67. The van der Waals surface area contributed by atoms with Crippen molar-refractivity contribution < 1.29 is 14.6 Å². The first-order valence-electron chi connectivity index (χ1n) is 9.53. The minimum atomic E-state index is -0.286. The van der Waals surface area contributed by atoms with Crippen molar-refractivity contribution in [2.45, 2.75) is 37.8 Å². The summed E-state index contributed by atoms with van der Waals surface area (Å²) in [6.45, 7) is 0. The van der Waals surface area contributed by atoms with Gasteiger partial charge < -0.3 is 20.1 Å². The topological polar surface area (TPSA) is 100 Å². The molecule has 0 unspecified atom stereocenters. The molecule has 0 saturated heterocycles. The van der Waals surface area contributed by atoms with Gasteiger partial charge in [0.15, 0.2) is 0 Å². The van der Waals surface area contributed by atoms with E-state index in [0.29, 0.717) is 31.6 Å². The zero-order valence-electron chi connectivity index (χ0n) is 15.8. The van der Waals surface area contributed by atoms with Crippen LogP contribution < -0.4 is 10.1 Å². The van der Waals surface area contributed by atoms with Crippen LogP contribution in [0.3, 0.4) is 0 Å². The van der Waals surface area contributed by atoms with Gasteiger partial charge in [-0.2, -0.15) is 0 Å². The van der Waals surface area contributed by atoms with Gasteiger partial charge in [0.25, 0.3) is 0 Å². The van der Waals surface area contributed by atoms with Crippen molar-refractivity contribution in [2.24, 2.45) is 5.92 Å². The smallest absolute Gasteiger partial charge is 0.220 e. The quantitative estimate of drug-likeness (QED) is 0.585. The highest BCUT2D eigenvalue weighted by Crippen LogP contribution is 2.38. The number of methoxy groups -OCH3 is 1. The average Bonchev–Trinajstić information content (AvgIpc) is 3.11. The number of nitrogens with one attached hydrogen (secondary N) is 2. The minimum Gasteiger partial charge on any atom is -0.481 e. The van der Waals surface area contributed by atoms with Crippen LogP contribution in [0.4, 0.5) is 0 Å². The van der Waals surface area contributed by atoms with Crippen LogP contribution in [0.15, 0.2) is 42.6 Å². The number of para-hydroxylation sites is 2. The second-order valence-corrected chi connectivity index (χ2v) is 7.27. The van der Waals surface area contributed by atoms with E-state index in [1.165, 1.54) is 0 Å². The van der Waals surface area contributed by atoms with Gasteiger partial charge in [0, 0.05) is 25.1 Å². The van der Waals surface area contributed by atoms with Crippen LogP contribution in [0.1, 0.15) is 36.7 Å². The van der Waals surface area contributed by atoms with Crippen LogP contribution in [-0.2, 0) is 11.2 Å².